The highest BCUT2D eigenvalue weighted by Crippen LogP contribution is 2.34. The van der Waals surface area contributed by atoms with Crippen LogP contribution in [0.4, 0.5) is 0 Å². The second kappa shape index (κ2) is 7.38. The molecule has 0 aliphatic heterocycles. The smallest absolute Gasteiger partial charge is 0.456 e. The lowest BCUT2D eigenvalue weighted by molar-refractivity contribution is 0.426. The van der Waals surface area contributed by atoms with E-state index in [9.17, 15) is 10.0 Å². The Labute approximate surface area is 185 Å². The van der Waals surface area contributed by atoms with Crippen LogP contribution in [0.3, 0.4) is 0 Å². The highest BCUT2D eigenvalue weighted by Gasteiger charge is 2.15. The van der Waals surface area contributed by atoms with Gasteiger partial charge in [-0.25, -0.2) is 0 Å². The van der Waals surface area contributed by atoms with Gasteiger partial charge >= 0.3 is 7.12 Å². The lowest BCUT2D eigenvalue weighted by Gasteiger charge is -2.08. The third kappa shape index (κ3) is 3.09. The molecule has 0 radical (unpaired) electrons. The Morgan fingerprint density at radius 2 is 1.19 bits per heavy atom. The van der Waals surface area contributed by atoms with Crippen LogP contribution < -0.4 is 5.46 Å². The van der Waals surface area contributed by atoms with Gasteiger partial charge in [-0.05, 0) is 56.7 Å². The monoisotopic (exact) mass is 414 g/mol. The molecule has 1 heterocycles. The normalized spacial score (nSPS) is 11.4. The van der Waals surface area contributed by atoms with Crippen molar-refractivity contribution in [1.29, 1.82) is 0 Å². The number of hydrogen-bond acceptors (Lipinski definition) is 3. The van der Waals surface area contributed by atoms with Gasteiger partial charge in [0.25, 0.3) is 0 Å². The van der Waals surface area contributed by atoms with Gasteiger partial charge in [-0.1, -0.05) is 84.9 Å². The summed E-state index contributed by atoms with van der Waals surface area (Å²) in [6.45, 7) is 0. The summed E-state index contributed by atoms with van der Waals surface area (Å²) in [7, 11) is -1.51. The van der Waals surface area contributed by atoms with Crippen LogP contribution in [0.1, 0.15) is 0 Å². The molecular formula is C28H19BO3. The average molecular weight is 414 g/mol. The Balaban J connectivity index is 1.43. The van der Waals surface area contributed by atoms with Crippen LogP contribution in [0.25, 0.3) is 55.0 Å². The van der Waals surface area contributed by atoms with Gasteiger partial charge in [-0.15, -0.1) is 0 Å². The molecule has 0 amide bonds. The second-order valence-electron chi connectivity index (χ2n) is 8.05. The SMILES string of the molecule is OB(O)c1ccc2oc3ccc(-c4ccc(-c5cccc6ccccc56)cc4)cc3c2c1. The summed E-state index contributed by atoms with van der Waals surface area (Å²) in [6.07, 6.45) is 0. The molecule has 0 aliphatic carbocycles. The first kappa shape index (κ1) is 18.9. The molecule has 0 saturated carbocycles. The fourth-order valence-corrected chi connectivity index (χ4v) is 4.45. The van der Waals surface area contributed by atoms with Crippen molar-refractivity contribution >= 4 is 45.3 Å². The molecule has 0 spiro atoms. The van der Waals surface area contributed by atoms with Crippen molar-refractivity contribution < 1.29 is 14.5 Å². The number of benzene rings is 5. The molecule has 0 saturated heterocycles. The fraction of sp³-hybridized carbons (Fsp3) is 0. The third-order valence-electron chi connectivity index (χ3n) is 6.11. The maximum absolute atomic E-state index is 9.54. The summed E-state index contributed by atoms with van der Waals surface area (Å²) < 4.78 is 5.93. The Bertz CT molecular complexity index is 1590. The Hall–Kier alpha value is -3.86. The molecule has 0 aliphatic rings. The molecule has 2 N–H and O–H groups in total. The van der Waals surface area contributed by atoms with Crippen LogP contribution in [0, 0.1) is 0 Å². The molecule has 152 valence electrons. The Morgan fingerprint density at radius 3 is 2.00 bits per heavy atom. The van der Waals surface area contributed by atoms with E-state index in [-0.39, 0.29) is 0 Å². The van der Waals surface area contributed by atoms with Crippen LogP contribution in [0.15, 0.2) is 108 Å². The van der Waals surface area contributed by atoms with Gasteiger partial charge in [0, 0.05) is 10.8 Å². The first-order valence-corrected chi connectivity index (χ1v) is 10.6. The highest BCUT2D eigenvalue weighted by atomic mass is 16.4. The van der Waals surface area contributed by atoms with Gasteiger partial charge in [0.15, 0.2) is 0 Å². The maximum atomic E-state index is 9.54. The predicted molar refractivity (Wildman–Crippen MR) is 132 cm³/mol. The summed E-state index contributed by atoms with van der Waals surface area (Å²) in [5, 5.41) is 23.4. The lowest BCUT2D eigenvalue weighted by Crippen LogP contribution is -2.29. The van der Waals surface area contributed by atoms with E-state index in [2.05, 4.69) is 78.9 Å². The van der Waals surface area contributed by atoms with E-state index in [1.54, 1.807) is 18.2 Å². The van der Waals surface area contributed by atoms with Crippen LogP contribution in [-0.2, 0) is 0 Å². The minimum Gasteiger partial charge on any atom is -0.456 e. The zero-order valence-corrected chi connectivity index (χ0v) is 17.2. The van der Waals surface area contributed by atoms with Crippen LogP contribution >= 0.6 is 0 Å². The van der Waals surface area contributed by atoms with Gasteiger partial charge in [-0.2, -0.15) is 0 Å². The van der Waals surface area contributed by atoms with Crippen LogP contribution in [-0.4, -0.2) is 17.2 Å². The van der Waals surface area contributed by atoms with Crippen molar-refractivity contribution in [2.75, 3.05) is 0 Å². The molecule has 0 atom stereocenters. The highest BCUT2D eigenvalue weighted by molar-refractivity contribution is 6.59. The van der Waals surface area contributed by atoms with E-state index in [1.165, 1.54) is 21.9 Å². The quantitative estimate of drug-likeness (QED) is 0.363. The first-order chi connectivity index (χ1) is 15.7. The summed E-state index contributed by atoms with van der Waals surface area (Å²) in [5.74, 6) is 0. The number of furan rings is 1. The predicted octanol–water partition coefficient (Wildman–Crippen LogP) is 5.75. The van der Waals surface area contributed by atoms with Gasteiger partial charge in [0.1, 0.15) is 11.2 Å². The van der Waals surface area contributed by atoms with Crippen molar-refractivity contribution in [3.05, 3.63) is 103 Å². The van der Waals surface area contributed by atoms with Gasteiger partial charge in [0.2, 0.25) is 0 Å². The molecule has 6 rings (SSSR count). The van der Waals surface area contributed by atoms with Gasteiger partial charge < -0.3 is 14.5 Å². The number of hydrogen-bond donors (Lipinski definition) is 2. The lowest BCUT2D eigenvalue weighted by atomic mass is 9.80. The van der Waals surface area contributed by atoms with Crippen LogP contribution in [0.2, 0.25) is 0 Å². The number of rotatable bonds is 3. The van der Waals surface area contributed by atoms with E-state index >= 15 is 0 Å². The molecular weight excluding hydrogens is 395 g/mol. The van der Waals surface area contributed by atoms with E-state index in [0.717, 1.165) is 33.1 Å². The van der Waals surface area contributed by atoms with E-state index in [4.69, 9.17) is 4.42 Å². The maximum Gasteiger partial charge on any atom is 0.488 e. The largest absolute Gasteiger partial charge is 0.488 e. The Kier molecular flexibility index (Phi) is 4.35. The molecule has 32 heavy (non-hydrogen) atoms. The molecule has 5 aromatic carbocycles. The van der Waals surface area contributed by atoms with Crippen molar-refractivity contribution in [1.82, 2.24) is 0 Å². The van der Waals surface area contributed by atoms with Gasteiger partial charge in [-0.3, -0.25) is 0 Å². The summed E-state index contributed by atoms with van der Waals surface area (Å²) in [5.41, 5.74) is 6.56. The van der Waals surface area contributed by atoms with Crippen molar-refractivity contribution in [2.45, 2.75) is 0 Å². The zero-order chi connectivity index (χ0) is 21.7. The molecule has 4 heteroatoms. The van der Waals surface area contributed by atoms with Crippen molar-refractivity contribution in [3.8, 4) is 22.3 Å². The minimum absolute atomic E-state index is 0.449. The van der Waals surface area contributed by atoms with E-state index in [1.807, 2.05) is 6.07 Å². The topological polar surface area (TPSA) is 53.6 Å². The summed E-state index contributed by atoms with van der Waals surface area (Å²) in [6, 6.07) is 34.8. The van der Waals surface area contributed by atoms with Crippen molar-refractivity contribution in [2.24, 2.45) is 0 Å². The molecule has 3 nitrogen and oxygen atoms in total. The average Bonchev–Trinajstić information content (AvgIpc) is 3.21. The Morgan fingerprint density at radius 1 is 0.531 bits per heavy atom. The van der Waals surface area contributed by atoms with E-state index in [0.29, 0.717) is 5.46 Å². The second-order valence-corrected chi connectivity index (χ2v) is 8.05. The third-order valence-corrected chi connectivity index (χ3v) is 6.11. The first-order valence-electron chi connectivity index (χ1n) is 10.6. The van der Waals surface area contributed by atoms with Crippen LogP contribution in [0.5, 0.6) is 0 Å². The fourth-order valence-electron chi connectivity index (χ4n) is 4.45. The molecule has 0 fully saturated rings. The molecule has 0 unspecified atom stereocenters. The van der Waals surface area contributed by atoms with Gasteiger partial charge in [0.05, 0.1) is 0 Å². The summed E-state index contributed by atoms with van der Waals surface area (Å²) >= 11 is 0. The molecule has 0 bridgehead atoms. The van der Waals surface area contributed by atoms with Crippen molar-refractivity contribution in [3.63, 3.8) is 0 Å². The minimum atomic E-state index is -1.51. The summed E-state index contributed by atoms with van der Waals surface area (Å²) in [4.78, 5) is 0. The van der Waals surface area contributed by atoms with E-state index < -0.39 is 7.12 Å². The number of fused-ring (bicyclic) bond motifs is 4. The molecule has 6 aromatic rings. The molecule has 1 aromatic heterocycles. The zero-order valence-electron chi connectivity index (χ0n) is 17.2. The standard InChI is InChI=1S/C28H19BO3/c30-29(31)22-13-15-28-26(17-22)25-16-21(12-14-27(25)32-28)18-8-10-20(11-9-18)24-7-3-5-19-4-1-2-6-23(19)24/h1-17,30-31H.